The molecule has 0 saturated heterocycles. The van der Waals surface area contributed by atoms with Gasteiger partial charge in [0, 0.05) is 6.54 Å². The van der Waals surface area contributed by atoms with E-state index in [0.29, 0.717) is 11.6 Å². The summed E-state index contributed by atoms with van der Waals surface area (Å²) >= 11 is 6.03. The number of halogens is 1. The molecule has 0 bridgehead atoms. The number of hydrogen-bond donors (Lipinski definition) is 1. The molecule has 1 aromatic rings. The van der Waals surface area contributed by atoms with Crippen LogP contribution in [-0.4, -0.2) is 13.2 Å². The van der Waals surface area contributed by atoms with Crippen molar-refractivity contribution in [2.24, 2.45) is 0 Å². The van der Waals surface area contributed by atoms with Crippen LogP contribution in [-0.2, 0) is 6.54 Å². The first-order chi connectivity index (χ1) is 6.77. The molecule has 0 atom stereocenters. The Hall–Kier alpha value is -0.730. The number of hydrogen-bond acceptors (Lipinski definition) is 2. The monoisotopic (exact) mass is 213 g/mol. The summed E-state index contributed by atoms with van der Waals surface area (Å²) in [5.41, 5.74) is 1.18. The molecule has 0 radical (unpaired) electrons. The Balaban J connectivity index is 2.68. The van der Waals surface area contributed by atoms with Gasteiger partial charge in [-0.25, -0.2) is 0 Å². The molecule has 1 aromatic carbocycles. The van der Waals surface area contributed by atoms with Crippen LogP contribution in [0.5, 0.6) is 5.75 Å². The number of rotatable bonds is 5. The quantitative estimate of drug-likeness (QED) is 0.812. The summed E-state index contributed by atoms with van der Waals surface area (Å²) < 4.78 is 5.34. The Morgan fingerprint density at radius 3 is 2.71 bits per heavy atom. The fourth-order valence-corrected chi connectivity index (χ4v) is 1.45. The van der Waals surface area contributed by atoms with Crippen LogP contribution in [0.25, 0.3) is 0 Å². The maximum atomic E-state index is 6.03. The van der Waals surface area contributed by atoms with Crippen molar-refractivity contribution in [1.29, 1.82) is 0 Å². The second kappa shape index (κ2) is 5.89. The molecule has 1 N–H and O–H groups in total. The van der Waals surface area contributed by atoms with E-state index in [1.165, 1.54) is 5.56 Å². The van der Waals surface area contributed by atoms with Crippen LogP contribution in [0, 0.1) is 0 Å². The Kier molecular flexibility index (Phi) is 4.77. The van der Waals surface area contributed by atoms with Crippen LogP contribution in [0.2, 0.25) is 5.02 Å². The molecule has 2 nitrogen and oxygen atoms in total. The molecule has 0 amide bonds. The Morgan fingerprint density at radius 2 is 2.14 bits per heavy atom. The zero-order valence-corrected chi connectivity index (χ0v) is 9.40. The SMILES string of the molecule is CCNCc1ccc(OCC)c(Cl)c1. The summed E-state index contributed by atoms with van der Waals surface area (Å²) in [6, 6.07) is 5.88. The fraction of sp³-hybridized carbons (Fsp3) is 0.455. The third-order valence-corrected chi connectivity index (χ3v) is 2.17. The third-order valence-electron chi connectivity index (χ3n) is 1.88. The molecule has 0 unspecified atom stereocenters. The normalized spacial score (nSPS) is 10.2. The largest absolute Gasteiger partial charge is 0.492 e. The minimum absolute atomic E-state index is 0.645. The zero-order valence-electron chi connectivity index (χ0n) is 8.64. The van der Waals surface area contributed by atoms with Crippen molar-refractivity contribution in [3.63, 3.8) is 0 Å². The Labute approximate surface area is 90.2 Å². The predicted octanol–water partition coefficient (Wildman–Crippen LogP) is 2.85. The average Bonchev–Trinajstić information content (AvgIpc) is 2.19. The van der Waals surface area contributed by atoms with E-state index in [2.05, 4.69) is 12.2 Å². The molecular formula is C11H16ClNO. The van der Waals surface area contributed by atoms with Crippen molar-refractivity contribution in [2.45, 2.75) is 20.4 Å². The van der Waals surface area contributed by atoms with Gasteiger partial charge in [-0.05, 0) is 31.2 Å². The summed E-state index contributed by atoms with van der Waals surface area (Å²) in [7, 11) is 0. The molecule has 14 heavy (non-hydrogen) atoms. The standard InChI is InChI=1S/C11H16ClNO/c1-3-13-8-9-5-6-11(14-4-2)10(12)7-9/h5-7,13H,3-4,8H2,1-2H3. The predicted molar refractivity (Wildman–Crippen MR) is 60.0 cm³/mol. The Morgan fingerprint density at radius 1 is 1.36 bits per heavy atom. The molecule has 1 rings (SSSR count). The lowest BCUT2D eigenvalue weighted by Gasteiger charge is -2.07. The summed E-state index contributed by atoms with van der Waals surface area (Å²) in [5, 5.41) is 3.93. The minimum atomic E-state index is 0.645. The van der Waals surface area contributed by atoms with Crippen LogP contribution in [0.15, 0.2) is 18.2 Å². The molecule has 0 aliphatic heterocycles. The summed E-state index contributed by atoms with van der Waals surface area (Å²) in [6.07, 6.45) is 0. The van der Waals surface area contributed by atoms with E-state index < -0.39 is 0 Å². The van der Waals surface area contributed by atoms with Crippen molar-refractivity contribution in [3.8, 4) is 5.75 Å². The van der Waals surface area contributed by atoms with E-state index in [1.807, 2.05) is 25.1 Å². The van der Waals surface area contributed by atoms with E-state index in [9.17, 15) is 0 Å². The molecule has 0 aromatic heterocycles. The van der Waals surface area contributed by atoms with Gasteiger partial charge in [-0.15, -0.1) is 0 Å². The molecule has 0 aliphatic rings. The van der Waals surface area contributed by atoms with E-state index in [0.717, 1.165) is 18.8 Å². The number of benzene rings is 1. The van der Waals surface area contributed by atoms with Crippen molar-refractivity contribution >= 4 is 11.6 Å². The van der Waals surface area contributed by atoms with E-state index >= 15 is 0 Å². The zero-order chi connectivity index (χ0) is 10.4. The topological polar surface area (TPSA) is 21.3 Å². The maximum Gasteiger partial charge on any atom is 0.137 e. The first-order valence-corrected chi connectivity index (χ1v) is 5.27. The number of ether oxygens (including phenoxy) is 1. The lowest BCUT2D eigenvalue weighted by molar-refractivity contribution is 0.340. The minimum Gasteiger partial charge on any atom is -0.492 e. The molecule has 0 aliphatic carbocycles. The van der Waals surface area contributed by atoms with Crippen molar-refractivity contribution in [2.75, 3.05) is 13.2 Å². The molecular weight excluding hydrogens is 198 g/mol. The highest BCUT2D eigenvalue weighted by Crippen LogP contribution is 2.25. The highest BCUT2D eigenvalue weighted by atomic mass is 35.5. The lowest BCUT2D eigenvalue weighted by Crippen LogP contribution is -2.11. The molecule has 0 spiro atoms. The molecule has 0 saturated carbocycles. The third kappa shape index (κ3) is 3.20. The average molecular weight is 214 g/mol. The van der Waals surface area contributed by atoms with E-state index in [-0.39, 0.29) is 0 Å². The van der Waals surface area contributed by atoms with Gasteiger partial charge in [-0.3, -0.25) is 0 Å². The van der Waals surface area contributed by atoms with Crippen LogP contribution in [0.4, 0.5) is 0 Å². The van der Waals surface area contributed by atoms with Crippen molar-refractivity contribution in [3.05, 3.63) is 28.8 Å². The smallest absolute Gasteiger partial charge is 0.137 e. The van der Waals surface area contributed by atoms with Gasteiger partial charge in [-0.2, -0.15) is 0 Å². The van der Waals surface area contributed by atoms with Gasteiger partial charge in [0.25, 0.3) is 0 Å². The van der Waals surface area contributed by atoms with Gasteiger partial charge in [-0.1, -0.05) is 24.6 Å². The fourth-order valence-electron chi connectivity index (χ4n) is 1.20. The molecule has 3 heteroatoms. The van der Waals surface area contributed by atoms with Gasteiger partial charge in [0.15, 0.2) is 0 Å². The van der Waals surface area contributed by atoms with Crippen LogP contribution < -0.4 is 10.1 Å². The molecule has 0 fully saturated rings. The van der Waals surface area contributed by atoms with Gasteiger partial charge < -0.3 is 10.1 Å². The molecule has 78 valence electrons. The van der Waals surface area contributed by atoms with Gasteiger partial charge >= 0.3 is 0 Å². The first kappa shape index (κ1) is 11.3. The second-order valence-electron chi connectivity index (χ2n) is 2.98. The van der Waals surface area contributed by atoms with E-state index in [4.69, 9.17) is 16.3 Å². The summed E-state index contributed by atoms with van der Waals surface area (Å²) in [6.45, 7) is 6.48. The van der Waals surface area contributed by atoms with Gasteiger partial charge in [0.05, 0.1) is 11.6 Å². The van der Waals surface area contributed by atoms with Crippen LogP contribution in [0.3, 0.4) is 0 Å². The Bertz CT molecular complexity index is 289. The summed E-state index contributed by atoms with van der Waals surface area (Å²) in [4.78, 5) is 0. The highest BCUT2D eigenvalue weighted by Gasteiger charge is 2.01. The van der Waals surface area contributed by atoms with Gasteiger partial charge in [0.1, 0.15) is 5.75 Å². The molecule has 0 heterocycles. The summed E-state index contributed by atoms with van der Waals surface area (Å²) in [5.74, 6) is 0.759. The maximum absolute atomic E-state index is 6.03. The van der Waals surface area contributed by atoms with Crippen LogP contribution in [0.1, 0.15) is 19.4 Å². The first-order valence-electron chi connectivity index (χ1n) is 4.89. The van der Waals surface area contributed by atoms with Crippen LogP contribution >= 0.6 is 11.6 Å². The van der Waals surface area contributed by atoms with E-state index in [1.54, 1.807) is 0 Å². The lowest BCUT2D eigenvalue weighted by atomic mass is 10.2. The highest BCUT2D eigenvalue weighted by molar-refractivity contribution is 6.32. The van der Waals surface area contributed by atoms with Gasteiger partial charge in [0.2, 0.25) is 0 Å². The van der Waals surface area contributed by atoms with Crippen molar-refractivity contribution < 1.29 is 4.74 Å². The second-order valence-corrected chi connectivity index (χ2v) is 3.39. The number of nitrogens with one attached hydrogen (secondary N) is 1. The van der Waals surface area contributed by atoms with Crippen molar-refractivity contribution in [1.82, 2.24) is 5.32 Å².